The van der Waals surface area contributed by atoms with Crippen LogP contribution in [-0.2, 0) is 16.6 Å². The van der Waals surface area contributed by atoms with Crippen molar-refractivity contribution in [2.45, 2.75) is 32.2 Å². The molecule has 29 heavy (non-hydrogen) atoms. The fourth-order valence-electron chi connectivity index (χ4n) is 3.10. The second-order valence-electron chi connectivity index (χ2n) is 6.97. The Morgan fingerprint density at radius 1 is 0.931 bits per heavy atom. The van der Waals surface area contributed by atoms with Crippen LogP contribution in [-0.4, -0.2) is 28.0 Å². The van der Waals surface area contributed by atoms with Gasteiger partial charge in [-0.1, -0.05) is 48.0 Å². The predicted octanol–water partition coefficient (Wildman–Crippen LogP) is 3.45. The molecule has 148 valence electrons. The van der Waals surface area contributed by atoms with E-state index in [0.717, 1.165) is 22.5 Å². The average molecular weight is 407 g/mol. The van der Waals surface area contributed by atoms with Gasteiger partial charge in [-0.2, -0.15) is 9.50 Å². The summed E-state index contributed by atoms with van der Waals surface area (Å²) in [7, 11) is -3.87. The molecular formula is C21H21N5O2S. The van der Waals surface area contributed by atoms with Gasteiger partial charge in [0.15, 0.2) is 0 Å². The molecule has 8 heteroatoms. The summed E-state index contributed by atoms with van der Waals surface area (Å²) in [4.78, 5) is 9.00. The molecule has 7 nitrogen and oxygen atoms in total. The quantitative estimate of drug-likeness (QED) is 0.506. The molecule has 0 atom stereocenters. The van der Waals surface area contributed by atoms with Crippen molar-refractivity contribution in [1.82, 2.24) is 19.6 Å². The summed E-state index contributed by atoms with van der Waals surface area (Å²) >= 11 is 0. The number of aryl methyl sites for hydroxylation is 3. The molecule has 2 aromatic carbocycles. The van der Waals surface area contributed by atoms with Gasteiger partial charge in [-0.3, -0.25) is 0 Å². The Morgan fingerprint density at radius 2 is 1.62 bits per heavy atom. The van der Waals surface area contributed by atoms with Gasteiger partial charge in [0, 0.05) is 11.4 Å². The average Bonchev–Trinajstić information content (AvgIpc) is 3.12. The Hall–Kier alpha value is -3.26. The highest BCUT2D eigenvalue weighted by Gasteiger charge is 2.29. The predicted molar refractivity (Wildman–Crippen MR) is 111 cm³/mol. The Labute approximate surface area is 169 Å². The van der Waals surface area contributed by atoms with Crippen LogP contribution in [0.1, 0.15) is 22.5 Å². The number of fused-ring (bicyclic) bond motifs is 1. The van der Waals surface area contributed by atoms with Crippen LogP contribution in [0, 0.1) is 20.8 Å². The molecule has 0 unspecified atom stereocenters. The van der Waals surface area contributed by atoms with Crippen LogP contribution < -0.4 is 4.31 Å². The summed E-state index contributed by atoms with van der Waals surface area (Å²) in [5.74, 6) is 0.463. The standard InChI is InChI=1S/C21H21N5O2S/c1-15-9-11-18(12-10-15)14-25(29(27,28)19-7-5-4-6-8-19)21-23-20-22-16(2)13-17(3)26(20)24-21/h4-13H,14H2,1-3H3. The zero-order valence-corrected chi connectivity index (χ0v) is 17.3. The van der Waals surface area contributed by atoms with Crippen LogP contribution in [0.25, 0.3) is 5.78 Å². The van der Waals surface area contributed by atoms with Gasteiger partial charge in [0.1, 0.15) is 0 Å². The molecule has 0 aliphatic heterocycles. The number of nitrogens with zero attached hydrogens (tertiary/aromatic N) is 5. The molecule has 0 N–H and O–H groups in total. The van der Waals surface area contributed by atoms with Crippen molar-refractivity contribution in [2.24, 2.45) is 0 Å². The summed E-state index contributed by atoms with van der Waals surface area (Å²) in [5.41, 5.74) is 3.57. The van der Waals surface area contributed by atoms with Crippen molar-refractivity contribution < 1.29 is 8.42 Å². The van der Waals surface area contributed by atoms with E-state index in [0.29, 0.717) is 5.78 Å². The molecular weight excluding hydrogens is 386 g/mol. The maximum absolute atomic E-state index is 13.4. The first-order chi connectivity index (χ1) is 13.8. The van der Waals surface area contributed by atoms with Gasteiger partial charge >= 0.3 is 0 Å². The van der Waals surface area contributed by atoms with Crippen molar-refractivity contribution in [1.29, 1.82) is 0 Å². The molecule has 0 saturated carbocycles. The number of aromatic nitrogens is 4. The van der Waals surface area contributed by atoms with Crippen LogP contribution in [0.3, 0.4) is 0 Å². The molecule has 0 aliphatic rings. The van der Waals surface area contributed by atoms with E-state index in [1.54, 1.807) is 34.8 Å². The van der Waals surface area contributed by atoms with E-state index in [-0.39, 0.29) is 17.4 Å². The largest absolute Gasteiger partial charge is 0.267 e. The van der Waals surface area contributed by atoms with E-state index in [4.69, 9.17) is 0 Å². The third-order valence-electron chi connectivity index (χ3n) is 4.61. The van der Waals surface area contributed by atoms with Crippen molar-refractivity contribution in [3.05, 3.63) is 83.2 Å². The van der Waals surface area contributed by atoms with E-state index in [2.05, 4.69) is 15.1 Å². The Morgan fingerprint density at radius 3 is 2.31 bits per heavy atom. The normalized spacial score (nSPS) is 11.7. The van der Waals surface area contributed by atoms with Gasteiger partial charge in [0.05, 0.1) is 11.4 Å². The first-order valence-corrected chi connectivity index (χ1v) is 10.6. The second kappa shape index (κ2) is 7.29. The third kappa shape index (κ3) is 3.71. The molecule has 0 bridgehead atoms. The second-order valence-corrected chi connectivity index (χ2v) is 8.84. The van der Waals surface area contributed by atoms with E-state index in [1.165, 1.54) is 4.31 Å². The number of anilines is 1. The summed E-state index contributed by atoms with van der Waals surface area (Å²) in [6, 6.07) is 17.9. The zero-order valence-electron chi connectivity index (χ0n) is 16.4. The molecule has 0 amide bonds. The van der Waals surface area contributed by atoms with E-state index in [9.17, 15) is 8.42 Å². The molecule has 2 heterocycles. The Kier molecular flexibility index (Phi) is 4.79. The van der Waals surface area contributed by atoms with Crippen molar-refractivity contribution >= 4 is 21.7 Å². The minimum Gasteiger partial charge on any atom is -0.228 e. The van der Waals surface area contributed by atoms with Crippen molar-refractivity contribution in [2.75, 3.05) is 4.31 Å². The number of hydrogen-bond donors (Lipinski definition) is 0. The maximum atomic E-state index is 13.4. The molecule has 4 rings (SSSR count). The zero-order chi connectivity index (χ0) is 20.6. The highest BCUT2D eigenvalue weighted by molar-refractivity contribution is 7.92. The fourth-order valence-corrected chi connectivity index (χ4v) is 4.47. The first kappa shape index (κ1) is 19.1. The highest BCUT2D eigenvalue weighted by atomic mass is 32.2. The lowest BCUT2D eigenvalue weighted by molar-refractivity contribution is 0.589. The molecule has 4 aromatic rings. The Bertz CT molecular complexity index is 1270. The number of sulfonamides is 1. The van der Waals surface area contributed by atoms with Gasteiger partial charge < -0.3 is 0 Å². The van der Waals surface area contributed by atoms with Crippen molar-refractivity contribution in [3.8, 4) is 0 Å². The fraction of sp³-hybridized carbons (Fsp3) is 0.190. The van der Waals surface area contributed by atoms with E-state index >= 15 is 0 Å². The number of benzene rings is 2. The topological polar surface area (TPSA) is 80.5 Å². The van der Waals surface area contributed by atoms with E-state index < -0.39 is 10.0 Å². The third-order valence-corrected chi connectivity index (χ3v) is 6.35. The SMILES string of the molecule is Cc1ccc(CN(c2nc3nc(C)cc(C)n3n2)S(=O)(=O)c2ccccc2)cc1. The van der Waals surface area contributed by atoms with Crippen LogP contribution in [0.4, 0.5) is 5.95 Å². The van der Waals surface area contributed by atoms with Crippen molar-refractivity contribution in [3.63, 3.8) is 0 Å². The number of hydrogen-bond acceptors (Lipinski definition) is 5. The molecule has 2 aromatic heterocycles. The molecule has 0 radical (unpaired) electrons. The van der Waals surface area contributed by atoms with Gasteiger partial charge in [0.25, 0.3) is 21.7 Å². The minimum absolute atomic E-state index is 0.0932. The number of rotatable bonds is 5. The lowest BCUT2D eigenvalue weighted by Crippen LogP contribution is -2.31. The smallest absolute Gasteiger partial charge is 0.228 e. The summed E-state index contributed by atoms with van der Waals surface area (Å²) < 4.78 is 29.7. The maximum Gasteiger partial charge on any atom is 0.267 e. The van der Waals surface area contributed by atoms with Crippen LogP contribution in [0.5, 0.6) is 0 Å². The van der Waals surface area contributed by atoms with Crippen LogP contribution in [0.15, 0.2) is 65.6 Å². The van der Waals surface area contributed by atoms with Gasteiger partial charge in [-0.25, -0.2) is 17.7 Å². The summed E-state index contributed by atoms with van der Waals surface area (Å²) in [6.45, 7) is 5.86. The Balaban J connectivity index is 1.86. The van der Waals surface area contributed by atoms with Gasteiger partial charge in [-0.05, 0) is 44.5 Å². The molecule has 0 saturated heterocycles. The first-order valence-electron chi connectivity index (χ1n) is 9.19. The van der Waals surface area contributed by atoms with Crippen LogP contribution in [0.2, 0.25) is 0 Å². The molecule has 0 spiro atoms. The minimum atomic E-state index is -3.87. The lowest BCUT2D eigenvalue weighted by atomic mass is 10.1. The molecule has 0 fully saturated rings. The summed E-state index contributed by atoms with van der Waals surface area (Å²) in [6.07, 6.45) is 0. The van der Waals surface area contributed by atoms with Gasteiger partial charge in [0.2, 0.25) is 0 Å². The van der Waals surface area contributed by atoms with E-state index in [1.807, 2.05) is 51.1 Å². The molecule has 0 aliphatic carbocycles. The van der Waals surface area contributed by atoms with Crippen LogP contribution >= 0.6 is 0 Å². The highest BCUT2D eigenvalue weighted by Crippen LogP contribution is 2.24. The lowest BCUT2D eigenvalue weighted by Gasteiger charge is -2.21. The monoisotopic (exact) mass is 407 g/mol. The van der Waals surface area contributed by atoms with Gasteiger partial charge in [-0.15, -0.1) is 5.10 Å². The summed E-state index contributed by atoms with van der Waals surface area (Å²) in [5, 5.41) is 4.45.